The number of likely N-dealkylation sites (tertiary alicyclic amines) is 1. The van der Waals surface area contributed by atoms with E-state index in [1.54, 1.807) is 5.56 Å². The van der Waals surface area contributed by atoms with E-state index in [2.05, 4.69) is 49.9 Å². The Bertz CT molecular complexity index is 358. The molecular weight excluding hydrogens is 230 g/mol. The van der Waals surface area contributed by atoms with Gasteiger partial charge in [-0.3, -0.25) is 0 Å². The second kappa shape index (κ2) is 7.09. The summed E-state index contributed by atoms with van der Waals surface area (Å²) in [5, 5.41) is 0. The Kier molecular flexibility index (Phi) is 5.45. The molecule has 106 valence electrons. The zero-order chi connectivity index (χ0) is 13.7. The fourth-order valence-corrected chi connectivity index (χ4v) is 3.02. The van der Waals surface area contributed by atoms with Crippen LogP contribution in [0.4, 0.5) is 0 Å². The predicted molar refractivity (Wildman–Crippen MR) is 83.9 cm³/mol. The molecule has 2 rings (SSSR count). The van der Waals surface area contributed by atoms with Gasteiger partial charge in [0.05, 0.1) is 0 Å². The Morgan fingerprint density at radius 2 is 1.74 bits per heavy atom. The molecule has 0 unspecified atom stereocenters. The minimum absolute atomic E-state index is 0.643. The lowest BCUT2D eigenvalue weighted by atomic mass is 9.88. The number of unbranched alkanes of at least 4 members (excludes halogenated alkanes) is 1. The highest BCUT2D eigenvalue weighted by molar-refractivity contribution is 5.27. The van der Waals surface area contributed by atoms with Gasteiger partial charge in [-0.2, -0.15) is 0 Å². The summed E-state index contributed by atoms with van der Waals surface area (Å²) in [4.78, 5) is 2.64. The van der Waals surface area contributed by atoms with Crippen LogP contribution in [0.1, 0.15) is 69.4 Å². The average Bonchev–Trinajstić information content (AvgIpc) is 2.46. The van der Waals surface area contributed by atoms with Crippen molar-refractivity contribution in [3.63, 3.8) is 0 Å². The van der Waals surface area contributed by atoms with Gasteiger partial charge in [0.25, 0.3) is 0 Å². The van der Waals surface area contributed by atoms with Crippen molar-refractivity contribution < 1.29 is 0 Å². The SMILES string of the molecule is CCCCN1CCC(c2ccc(C(C)C)cc2)CC1. The summed E-state index contributed by atoms with van der Waals surface area (Å²) in [6.07, 6.45) is 5.35. The number of piperidine rings is 1. The molecule has 0 aliphatic carbocycles. The van der Waals surface area contributed by atoms with E-state index in [9.17, 15) is 0 Å². The number of benzene rings is 1. The molecule has 1 aliphatic heterocycles. The van der Waals surface area contributed by atoms with Crippen LogP contribution in [-0.4, -0.2) is 24.5 Å². The summed E-state index contributed by atoms with van der Waals surface area (Å²) in [6.45, 7) is 10.7. The Hall–Kier alpha value is -0.820. The fourth-order valence-electron chi connectivity index (χ4n) is 3.02. The van der Waals surface area contributed by atoms with Crippen LogP contribution in [0.2, 0.25) is 0 Å². The third-order valence-corrected chi connectivity index (χ3v) is 4.49. The molecule has 1 fully saturated rings. The molecule has 0 atom stereocenters. The molecule has 1 heterocycles. The second-order valence-electron chi connectivity index (χ2n) is 6.29. The first-order valence-corrected chi connectivity index (χ1v) is 8.03. The summed E-state index contributed by atoms with van der Waals surface area (Å²) >= 11 is 0. The summed E-state index contributed by atoms with van der Waals surface area (Å²) in [5.41, 5.74) is 3.02. The quantitative estimate of drug-likeness (QED) is 0.735. The largest absolute Gasteiger partial charge is 0.303 e. The molecule has 1 aromatic rings. The smallest absolute Gasteiger partial charge is 0.00129 e. The van der Waals surface area contributed by atoms with Crippen molar-refractivity contribution in [1.82, 2.24) is 4.90 Å². The van der Waals surface area contributed by atoms with E-state index in [-0.39, 0.29) is 0 Å². The van der Waals surface area contributed by atoms with E-state index in [1.165, 1.54) is 50.9 Å². The van der Waals surface area contributed by atoms with Crippen LogP contribution < -0.4 is 0 Å². The Labute approximate surface area is 119 Å². The van der Waals surface area contributed by atoms with Gasteiger partial charge >= 0.3 is 0 Å². The molecule has 1 aliphatic rings. The first-order chi connectivity index (χ1) is 9.20. The molecule has 19 heavy (non-hydrogen) atoms. The zero-order valence-electron chi connectivity index (χ0n) is 12.9. The summed E-state index contributed by atoms with van der Waals surface area (Å²) < 4.78 is 0. The van der Waals surface area contributed by atoms with E-state index >= 15 is 0 Å². The topological polar surface area (TPSA) is 3.24 Å². The minimum atomic E-state index is 0.643. The lowest BCUT2D eigenvalue weighted by Gasteiger charge is -2.32. The van der Waals surface area contributed by atoms with Crippen molar-refractivity contribution >= 4 is 0 Å². The van der Waals surface area contributed by atoms with Crippen molar-refractivity contribution in [3.8, 4) is 0 Å². The molecule has 0 saturated carbocycles. The molecule has 1 aromatic carbocycles. The maximum atomic E-state index is 2.64. The fraction of sp³-hybridized carbons (Fsp3) is 0.667. The van der Waals surface area contributed by atoms with Crippen LogP contribution in [0.25, 0.3) is 0 Å². The molecule has 0 bridgehead atoms. The van der Waals surface area contributed by atoms with E-state index in [1.807, 2.05) is 0 Å². The highest BCUT2D eigenvalue weighted by Crippen LogP contribution is 2.29. The van der Waals surface area contributed by atoms with Crippen molar-refractivity contribution in [1.29, 1.82) is 0 Å². The van der Waals surface area contributed by atoms with Gasteiger partial charge < -0.3 is 4.90 Å². The van der Waals surface area contributed by atoms with E-state index < -0.39 is 0 Å². The minimum Gasteiger partial charge on any atom is -0.303 e. The molecule has 0 spiro atoms. The number of nitrogens with zero attached hydrogens (tertiary/aromatic N) is 1. The lowest BCUT2D eigenvalue weighted by Crippen LogP contribution is -2.33. The summed E-state index contributed by atoms with van der Waals surface area (Å²) in [5.74, 6) is 1.43. The van der Waals surface area contributed by atoms with Gasteiger partial charge in [-0.05, 0) is 61.9 Å². The number of hydrogen-bond donors (Lipinski definition) is 0. The normalized spacial score (nSPS) is 18.1. The second-order valence-corrected chi connectivity index (χ2v) is 6.29. The molecule has 1 heteroatoms. The highest BCUT2D eigenvalue weighted by Gasteiger charge is 2.20. The van der Waals surface area contributed by atoms with E-state index in [4.69, 9.17) is 0 Å². The first kappa shape index (κ1) is 14.6. The van der Waals surface area contributed by atoms with Gasteiger partial charge in [0.1, 0.15) is 0 Å². The third-order valence-electron chi connectivity index (χ3n) is 4.49. The zero-order valence-corrected chi connectivity index (χ0v) is 12.9. The maximum absolute atomic E-state index is 2.64. The van der Waals surface area contributed by atoms with Gasteiger partial charge in [0, 0.05) is 0 Å². The van der Waals surface area contributed by atoms with E-state index in [0.717, 1.165) is 5.92 Å². The molecular formula is C18H29N. The third kappa shape index (κ3) is 4.07. The highest BCUT2D eigenvalue weighted by atomic mass is 15.1. The van der Waals surface area contributed by atoms with Crippen molar-refractivity contribution in [2.24, 2.45) is 0 Å². The first-order valence-electron chi connectivity index (χ1n) is 8.03. The van der Waals surface area contributed by atoms with Crippen LogP contribution in [0.5, 0.6) is 0 Å². The Balaban J connectivity index is 1.87. The van der Waals surface area contributed by atoms with Crippen LogP contribution in [0.3, 0.4) is 0 Å². The van der Waals surface area contributed by atoms with Gasteiger partial charge in [-0.25, -0.2) is 0 Å². The lowest BCUT2D eigenvalue weighted by molar-refractivity contribution is 0.209. The monoisotopic (exact) mass is 259 g/mol. The number of hydrogen-bond acceptors (Lipinski definition) is 1. The van der Waals surface area contributed by atoms with Crippen molar-refractivity contribution in [2.75, 3.05) is 19.6 Å². The molecule has 0 aromatic heterocycles. The Morgan fingerprint density at radius 1 is 1.11 bits per heavy atom. The van der Waals surface area contributed by atoms with Gasteiger partial charge in [0.2, 0.25) is 0 Å². The van der Waals surface area contributed by atoms with Crippen LogP contribution in [0, 0.1) is 0 Å². The predicted octanol–water partition coefficient (Wildman–Crippen LogP) is 4.79. The standard InChI is InChI=1S/C18H29N/c1-4-5-12-19-13-10-18(11-14-19)17-8-6-16(7-9-17)15(2)3/h6-9,15,18H,4-5,10-14H2,1-3H3. The van der Waals surface area contributed by atoms with Gasteiger partial charge in [-0.15, -0.1) is 0 Å². The molecule has 1 saturated heterocycles. The van der Waals surface area contributed by atoms with Crippen LogP contribution >= 0.6 is 0 Å². The Morgan fingerprint density at radius 3 is 2.26 bits per heavy atom. The van der Waals surface area contributed by atoms with Crippen LogP contribution in [-0.2, 0) is 0 Å². The molecule has 1 nitrogen and oxygen atoms in total. The van der Waals surface area contributed by atoms with Gasteiger partial charge in [-0.1, -0.05) is 51.5 Å². The summed E-state index contributed by atoms with van der Waals surface area (Å²) in [6, 6.07) is 9.37. The summed E-state index contributed by atoms with van der Waals surface area (Å²) in [7, 11) is 0. The van der Waals surface area contributed by atoms with Crippen molar-refractivity contribution in [3.05, 3.63) is 35.4 Å². The molecule has 0 radical (unpaired) electrons. The van der Waals surface area contributed by atoms with Crippen molar-refractivity contribution in [2.45, 2.75) is 58.3 Å². The molecule has 0 N–H and O–H groups in total. The average molecular weight is 259 g/mol. The molecule has 0 amide bonds. The van der Waals surface area contributed by atoms with Crippen LogP contribution in [0.15, 0.2) is 24.3 Å². The van der Waals surface area contributed by atoms with Gasteiger partial charge in [0.15, 0.2) is 0 Å². The van der Waals surface area contributed by atoms with E-state index in [0.29, 0.717) is 5.92 Å². The number of rotatable bonds is 5. The maximum Gasteiger partial charge on any atom is -0.00129 e.